The van der Waals surface area contributed by atoms with E-state index in [2.05, 4.69) is 36.2 Å². The number of nitrogens with zero attached hydrogens (tertiary/aromatic N) is 1. The molecule has 0 radical (unpaired) electrons. The number of carbonyl (C=O) groups excluding carboxylic acids is 1. The van der Waals surface area contributed by atoms with E-state index in [9.17, 15) is 4.79 Å². The maximum Gasteiger partial charge on any atom is 0.234 e. The summed E-state index contributed by atoms with van der Waals surface area (Å²) in [4.78, 5) is 14.6. The Morgan fingerprint density at radius 3 is 2.92 bits per heavy atom. The zero-order valence-corrected chi connectivity index (χ0v) is 14.7. The number of likely N-dealkylation sites (tertiary alicyclic amines) is 1. The van der Waals surface area contributed by atoms with Crippen molar-refractivity contribution in [3.05, 3.63) is 23.8 Å². The Hall–Kier alpha value is -1.75. The third kappa shape index (κ3) is 4.01. The molecule has 1 N–H and O–H groups in total. The minimum Gasteiger partial charge on any atom is -0.486 e. The Morgan fingerprint density at radius 2 is 2.12 bits per heavy atom. The number of hydrogen-bond acceptors (Lipinski definition) is 4. The first-order valence-corrected chi connectivity index (χ1v) is 9.10. The Kier molecular flexibility index (Phi) is 5.61. The summed E-state index contributed by atoms with van der Waals surface area (Å²) in [5.41, 5.74) is 1.21. The summed E-state index contributed by atoms with van der Waals surface area (Å²) >= 11 is 0. The average Bonchev–Trinajstić information content (AvgIpc) is 3.02. The molecule has 0 aliphatic carbocycles. The van der Waals surface area contributed by atoms with Gasteiger partial charge in [0, 0.05) is 12.1 Å². The first kappa shape index (κ1) is 17.1. The van der Waals surface area contributed by atoms with Crippen LogP contribution in [0.15, 0.2) is 18.2 Å². The molecule has 2 atom stereocenters. The number of amides is 1. The second-order valence-corrected chi connectivity index (χ2v) is 6.79. The molecule has 0 saturated carbocycles. The zero-order chi connectivity index (χ0) is 16.9. The highest BCUT2D eigenvalue weighted by Crippen LogP contribution is 2.37. The molecule has 1 aromatic carbocycles. The zero-order valence-electron chi connectivity index (χ0n) is 14.7. The van der Waals surface area contributed by atoms with Gasteiger partial charge in [-0.25, -0.2) is 0 Å². The van der Waals surface area contributed by atoms with Crippen molar-refractivity contribution < 1.29 is 14.3 Å². The number of benzene rings is 1. The van der Waals surface area contributed by atoms with E-state index in [0.717, 1.165) is 43.7 Å². The quantitative estimate of drug-likeness (QED) is 0.870. The Labute approximate surface area is 144 Å². The molecule has 2 heterocycles. The molecule has 5 nitrogen and oxygen atoms in total. The maximum absolute atomic E-state index is 12.3. The van der Waals surface area contributed by atoms with Gasteiger partial charge in [-0.1, -0.05) is 19.4 Å². The second-order valence-electron chi connectivity index (χ2n) is 6.79. The van der Waals surface area contributed by atoms with Gasteiger partial charge in [0.2, 0.25) is 5.91 Å². The Morgan fingerprint density at radius 1 is 1.33 bits per heavy atom. The number of rotatable bonds is 6. The molecule has 1 amide bonds. The van der Waals surface area contributed by atoms with Gasteiger partial charge in [0.25, 0.3) is 0 Å². The van der Waals surface area contributed by atoms with Crippen molar-refractivity contribution in [2.75, 3.05) is 26.3 Å². The predicted octanol–water partition coefficient (Wildman–Crippen LogP) is 2.90. The summed E-state index contributed by atoms with van der Waals surface area (Å²) in [6.07, 6.45) is 4.32. The van der Waals surface area contributed by atoms with Crippen LogP contribution >= 0.6 is 0 Å². The van der Waals surface area contributed by atoms with Crippen LogP contribution in [0.4, 0.5) is 0 Å². The molecule has 5 heteroatoms. The molecule has 2 aliphatic heterocycles. The van der Waals surface area contributed by atoms with E-state index in [4.69, 9.17) is 9.47 Å². The van der Waals surface area contributed by atoms with Gasteiger partial charge in [0.1, 0.15) is 13.2 Å². The van der Waals surface area contributed by atoms with E-state index >= 15 is 0 Å². The molecule has 3 rings (SSSR count). The molecule has 0 aromatic heterocycles. The SMILES string of the molecule is CCC[C@@H](C)NC(=O)CN1CCC[C@@H]1c1ccc2c(c1)OCCO2. The second kappa shape index (κ2) is 7.88. The van der Waals surface area contributed by atoms with Crippen molar-refractivity contribution in [2.24, 2.45) is 0 Å². The van der Waals surface area contributed by atoms with Gasteiger partial charge < -0.3 is 14.8 Å². The number of carbonyl (C=O) groups is 1. The average molecular weight is 332 g/mol. The van der Waals surface area contributed by atoms with Gasteiger partial charge in [-0.15, -0.1) is 0 Å². The lowest BCUT2D eigenvalue weighted by Crippen LogP contribution is -2.40. The molecule has 24 heavy (non-hydrogen) atoms. The van der Waals surface area contributed by atoms with Crippen LogP contribution in [0.3, 0.4) is 0 Å². The van der Waals surface area contributed by atoms with Crippen LogP contribution in [0.25, 0.3) is 0 Å². The number of ether oxygens (including phenoxy) is 2. The molecule has 132 valence electrons. The molecular weight excluding hydrogens is 304 g/mol. The topological polar surface area (TPSA) is 50.8 Å². The van der Waals surface area contributed by atoms with Gasteiger partial charge in [-0.05, 0) is 50.4 Å². The third-order valence-corrected chi connectivity index (χ3v) is 4.79. The molecular formula is C19H28N2O3. The van der Waals surface area contributed by atoms with Crippen molar-refractivity contribution in [3.63, 3.8) is 0 Å². The minimum absolute atomic E-state index is 0.125. The minimum atomic E-state index is 0.125. The summed E-state index contributed by atoms with van der Waals surface area (Å²) in [6, 6.07) is 6.71. The lowest BCUT2D eigenvalue weighted by Gasteiger charge is -2.26. The molecule has 1 aromatic rings. The Bertz CT molecular complexity index is 576. The van der Waals surface area contributed by atoms with Crippen molar-refractivity contribution in [2.45, 2.75) is 51.6 Å². The molecule has 0 unspecified atom stereocenters. The summed E-state index contributed by atoms with van der Waals surface area (Å²) in [5.74, 6) is 1.77. The fourth-order valence-corrected chi connectivity index (χ4v) is 3.67. The van der Waals surface area contributed by atoms with Crippen LogP contribution in [0.1, 0.15) is 51.1 Å². The highest BCUT2D eigenvalue weighted by molar-refractivity contribution is 5.78. The Balaban J connectivity index is 1.64. The van der Waals surface area contributed by atoms with Gasteiger partial charge in [-0.3, -0.25) is 9.69 Å². The fourth-order valence-electron chi connectivity index (χ4n) is 3.67. The summed E-state index contributed by atoms with van der Waals surface area (Å²) in [7, 11) is 0. The smallest absolute Gasteiger partial charge is 0.234 e. The lowest BCUT2D eigenvalue weighted by molar-refractivity contribution is -0.123. The number of nitrogens with one attached hydrogen (secondary N) is 1. The van der Waals surface area contributed by atoms with Crippen LogP contribution in [0.5, 0.6) is 11.5 Å². The van der Waals surface area contributed by atoms with Gasteiger partial charge in [0.15, 0.2) is 11.5 Å². The van der Waals surface area contributed by atoms with E-state index in [1.54, 1.807) is 0 Å². The van der Waals surface area contributed by atoms with Crippen molar-refractivity contribution >= 4 is 5.91 Å². The summed E-state index contributed by atoms with van der Waals surface area (Å²) < 4.78 is 11.3. The van der Waals surface area contributed by atoms with Crippen LogP contribution in [0.2, 0.25) is 0 Å². The lowest BCUT2D eigenvalue weighted by atomic mass is 10.0. The van der Waals surface area contributed by atoms with Gasteiger partial charge >= 0.3 is 0 Å². The van der Waals surface area contributed by atoms with Crippen LogP contribution in [-0.4, -0.2) is 43.2 Å². The highest BCUT2D eigenvalue weighted by atomic mass is 16.6. The van der Waals surface area contributed by atoms with E-state index in [1.807, 2.05) is 6.07 Å². The third-order valence-electron chi connectivity index (χ3n) is 4.79. The van der Waals surface area contributed by atoms with Crippen molar-refractivity contribution in [1.29, 1.82) is 0 Å². The predicted molar refractivity (Wildman–Crippen MR) is 93.5 cm³/mol. The molecule has 1 fully saturated rings. The summed E-state index contributed by atoms with van der Waals surface area (Å²) in [6.45, 7) is 6.85. The van der Waals surface area contributed by atoms with E-state index < -0.39 is 0 Å². The fraction of sp³-hybridized carbons (Fsp3) is 0.632. The normalized spacial score (nSPS) is 21.5. The van der Waals surface area contributed by atoms with E-state index in [1.165, 1.54) is 5.56 Å². The highest BCUT2D eigenvalue weighted by Gasteiger charge is 2.28. The van der Waals surface area contributed by atoms with E-state index in [-0.39, 0.29) is 18.0 Å². The number of hydrogen-bond donors (Lipinski definition) is 1. The molecule has 0 spiro atoms. The molecule has 1 saturated heterocycles. The van der Waals surface area contributed by atoms with Crippen molar-refractivity contribution in [1.82, 2.24) is 10.2 Å². The van der Waals surface area contributed by atoms with Crippen molar-refractivity contribution in [3.8, 4) is 11.5 Å². The molecule has 2 aliphatic rings. The van der Waals surface area contributed by atoms with Gasteiger partial charge in [-0.2, -0.15) is 0 Å². The standard InChI is InChI=1S/C19H28N2O3/c1-3-5-14(2)20-19(22)13-21-9-4-6-16(21)15-7-8-17-18(12-15)24-11-10-23-17/h7-8,12,14,16H,3-6,9-11,13H2,1-2H3,(H,20,22)/t14-,16-/m1/s1. The van der Waals surface area contributed by atoms with Crippen LogP contribution in [-0.2, 0) is 4.79 Å². The first-order valence-electron chi connectivity index (χ1n) is 9.10. The largest absolute Gasteiger partial charge is 0.486 e. The van der Waals surface area contributed by atoms with Gasteiger partial charge in [0.05, 0.1) is 6.54 Å². The maximum atomic E-state index is 12.3. The number of fused-ring (bicyclic) bond motifs is 1. The van der Waals surface area contributed by atoms with Crippen LogP contribution in [0, 0.1) is 0 Å². The van der Waals surface area contributed by atoms with Crippen LogP contribution < -0.4 is 14.8 Å². The first-order chi connectivity index (χ1) is 11.7. The monoisotopic (exact) mass is 332 g/mol. The summed E-state index contributed by atoms with van der Waals surface area (Å²) in [5, 5.41) is 3.10. The molecule has 0 bridgehead atoms. The van der Waals surface area contributed by atoms with E-state index in [0.29, 0.717) is 19.8 Å².